The second kappa shape index (κ2) is 4.10. The minimum Gasteiger partial charge on any atom is -0.0654 e. The van der Waals surface area contributed by atoms with Gasteiger partial charge in [0.1, 0.15) is 0 Å². The van der Waals surface area contributed by atoms with E-state index in [4.69, 9.17) is 0 Å². The first-order valence-corrected chi connectivity index (χ1v) is 3.88. The average Bonchev–Trinajstić information content (AvgIpc) is 2.03. The van der Waals surface area contributed by atoms with E-state index in [0.717, 1.165) is 0 Å². The molecule has 0 saturated heterocycles. The van der Waals surface area contributed by atoms with Gasteiger partial charge in [-0.1, -0.05) is 37.6 Å². The lowest BCUT2D eigenvalue weighted by Gasteiger charge is -1.96. The fourth-order valence-corrected chi connectivity index (χ4v) is 0.969. The largest absolute Gasteiger partial charge is 1.00 e. The first-order valence-electron chi connectivity index (χ1n) is 3.88. The van der Waals surface area contributed by atoms with E-state index >= 15 is 0 Å². The maximum atomic E-state index is 3.01. The fraction of sp³-hybridized carbons (Fsp3) is 0.400. The van der Waals surface area contributed by atoms with Crippen LogP contribution in [0.4, 0.5) is 0 Å². The fourth-order valence-electron chi connectivity index (χ4n) is 0.969. The Balaban J connectivity index is 0.000001000. The summed E-state index contributed by atoms with van der Waals surface area (Å²) >= 11 is 0. The van der Waals surface area contributed by atoms with Crippen LogP contribution in [0.2, 0.25) is 0 Å². The summed E-state index contributed by atoms with van der Waals surface area (Å²) in [6.07, 6.45) is 3.79. The van der Waals surface area contributed by atoms with Gasteiger partial charge in [0, 0.05) is 0 Å². The van der Waals surface area contributed by atoms with Crippen molar-refractivity contribution in [3.05, 3.63) is 35.9 Å². The number of hydrogen-bond donors (Lipinski definition) is 0. The Morgan fingerprint density at radius 2 is 2.10 bits per heavy atom. The highest BCUT2D eigenvalue weighted by Crippen LogP contribution is 2.02. The number of rotatable bonds is 3. The second-order valence-electron chi connectivity index (χ2n) is 2.51. The third-order valence-electron chi connectivity index (χ3n) is 1.61. The van der Waals surface area contributed by atoms with Crippen LogP contribution in [0, 0.1) is 6.07 Å². The Labute approximate surface area is 64.4 Å². The lowest BCUT2D eigenvalue weighted by atomic mass is 10.1. The molecular formula is C10H14+. The standard InChI is InChI=1S/C10H13/c1-2-3-7-10-8-5-4-6-9-10/h5-6,8-9H,2-3,7H2,1H3/p+1. The van der Waals surface area contributed by atoms with Crippen LogP contribution >= 0.6 is 0 Å². The summed E-state index contributed by atoms with van der Waals surface area (Å²) in [4.78, 5) is 0. The molecule has 0 unspecified atom stereocenters. The van der Waals surface area contributed by atoms with E-state index in [0.29, 0.717) is 0 Å². The lowest BCUT2D eigenvalue weighted by molar-refractivity contribution is 0.795. The van der Waals surface area contributed by atoms with Crippen molar-refractivity contribution in [2.45, 2.75) is 26.2 Å². The molecule has 0 atom stereocenters. The minimum atomic E-state index is 0. The molecule has 0 nitrogen and oxygen atoms in total. The van der Waals surface area contributed by atoms with Gasteiger partial charge in [-0.05, 0) is 24.5 Å². The van der Waals surface area contributed by atoms with Crippen LogP contribution in [-0.4, -0.2) is 0 Å². The number of hydrogen-bond acceptors (Lipinski definition) is 0. The summed E-state index contributed by atoms with van der Waals surface area (Å²) in [7, 11) is 0. The van der Waals surface area contributed by atoms with E-state index in [2.05, 4.69) is 25.1 Å². The molecule has 0 aliphatic heterocycles. The Morgan fingerprint density at radius 3 is 2.70 bits per heavy atom. The van der Waals surface area contributed by atoms with Crippen LogP contribution in [0.25, 0.3) is 0 Å². The normalized spacial score (nSPS) is 9.70. The van der Waals surface area contributed by atoms with Gasteiger partial charge < -0.3 is 0 Å². The molecular weight excluding hydrogens is 120 g/mol. The second-order valence-corrected chi connectivity index (χ2v) is 2.51. The van der Waals surface area contributed by atoms with Crippen molar-refractivity contribution in [3.8, 4) is 0 Å². The number of aryl methyl sites for hydroxylation is 1. The monoisotopic (exact) mass is 134 g/mol. The molecule has 53 valence electrons. The highest BCUT2D eigenvalue weighted by atomic mass is 13.9. The molecule has 1 radical (unpaired) electrons. The van der Waals surface area contributed by atoms with E-state index in [9.17, 15) is 0 Å². The van der Waals surface area contributed by atoms with E-state index in [-0.39, 0.29) is 1.43 Å². The molecule has 0 bridgehead atoms. The average molecular weight is 134 g/mol. The van der Waals surface area contributed by atoms with Gasteiger partial charge >= 0.3 is 1.43 Å². The van der Waals surface area contributed by atoms with Crippen molar-refractivity contribution >= 4 is 0 Å². The van der Waals surface area contributed by atoms with Crippen LogP contribution in [0.1, 0.15) is 26.8 Å². The van der Waals surface area contributed by atoms with Crippen LogP contribution in [0.5, 0.6) is 0 Å². The van der Waals surface area contributed by atoms with Crippen molar-refractivity contribution < 1.29 is 1.43 Å². The van der Waals surface area contributed by atoms with Gasteiger partial charge in [0.05, 0.1) is 0 Å². The summed E-state index contributed by atoms with van der Waals surface area (Å²) in [6, 6.07) is 11.2. The van der Waals surface area contributed by atoms with Gasteiger partial charge in [-0.2, -0.15) is 0 Å². The first-order chi connectivity index (χ1) is 4.93. The summed E-state index contributed by atoms with van der Waals surface area (Å²) < 4.78 is 0. The molecule has 0 aliphatic rings. The molecule has 0 amide bonds. The molecule has 0 saturated carbocycles. The maximum Gasteiger partial charge on any atom is 1.00 e. The van der Waals surface area contributed by atoms with Crippen LogP contribution in [0.3, 0.4) is 0 Å². The number of benzene rings is 1. The Morgan fingerprint density at radius 1 is 1.40 bits per heavy atom. The minimum absolute atomic E-state index is 0. The maximum absolute atomic E-state index is 3.01. The van der Waals surface area contributed by atoms with Crippen molar-refractivity contribution in [3.63, 3.8) is 0 Å². The molecule has 0 fully saturated rings. The zero-order valence-electron chi connectivity index (χ0n) is 7.43. The van der Waals surface area contributed by atoms with Crippen molar-refractivity contribution in [1.29, 1.82) is 0 Å². The van der Waals surface area contributed by atoms with Crippen molar-refractivity contribution in [2.24, 2.45) is 0 Å². The van der Waals surface area contributed by atoms with Gasteiger partial charge in [0.25, 0.3) is 0 Å². The molecule has 0 heteroatoms. The molecule has 1 rings (SSSR count). The van der Waals surface area contributed by atoms with Gasteiger partial charge in [0.15, 0.2) is 0 Å². The Kier molecular flexibility index (Phi) is 3.01. The predicted octanol–water partition coefficient (Wildman–Crippen LogP) is 2.94. The van der Waals surface area contributed by atoms with Gasteiger partial charge in [-0.25, -0.2) is 0 Å². The van der Waals surface area contributed by atoms with Gasteiger partial charge in [-0.3, -0.25) is 0 Å². The third kappa shape index (κ3) is 2.22. The van der Waals surface area contributed by atoms with Crippen molar-refractivity contribution in [2.75, 3.05) is 0 Å². The molecule has 1 aromatic carbocycles. The molecule has 0 heterocycles. The smallest absolute Gasteiger partial charge is 0.0654 e. The van der Waals surface area contributed by atoms with E-state index in [1.807, 2.05) is 12.1 Å². The zero-order valence-corrected chi connectivity index (χ0v) is 6.43. The highest BCUT2D eigenvalue weighted by molar-refractivity contribution is 5.13. The van der Waals surface area contributed by atoms with Crippen LogP contribution in [-0.2, 0) is 6.42 Å². The summed E-state index contributed by atoms with van der Waals surface area (Å²) in [5, 5.41) is 0. The van der Waals surface area contributed by atoms with Crippen LogP contribution in [0.15, 0.2) is 24.3 Å². The lowest BCUT2D eigenvalue weighted by Crippen LogP contribution is -1.81. The zero-order chi connectivity index (χ0) is 7.23. The summed E-state index contributed by atoms with van der Waals surface area (Å²) in [5.41, 5.74) is 1.43. The Bertz CT molecular complexity index is 169. The van der Waals surface area contributed by atoms with E-state index in [1.165, 1.54) is 24.8 Å². The van der Waals surface area contributed by atoms with Gasteiger partial charge in [-0.15, -0.1) is 0 Å². The summed E-state index contributed by atoms with van der Waals surface area (Å²) in [6.45, 7) is 2.22. The molecule has 0 N–H and O–H groups in total. The van der Waals surface area contributed by atoms with E-state index in [1.54, 1.807) is 0 Å². The molecule has 1 aromatic rings. The number of unbranched alkanes of at least 4 members (excludes halogenated alkanes) is 1. The topological polar surface area (TPSA) is 0 Å². The summed E-state index contributed by atoms with van der Waals surface area (Å²) in [5.74, 6) is 0. The molecule has 0 spiro atoms. The highest BCUT2D eigenvalue weighted by Gasteiger charge is 1.87. The third-order valence-corrected chi connectivity index (χ3v) is 1.61. The molecule has 0 aromatic heterocycles. The Hall–Kier alpha value is -0.780. The van der Waals surface area contributed by atoms with E-state index < -0.39 is 0 Å². The quantitative estimate of drug-likeness (QED) is 0.596. The van der Waals surface area contributed by atoms with Gasteiger partial charge in [0.2, 0.25) is 0 Å². The predicted molar refractivity (Wildman–Crippen MR) is 45.0 cm³/mol. The molecule has 10 heavy (non-hydrogen) atoms. The first kappa shape index (κ1) is 7.33. The SMILES string of the molecule is CCCCc1cc[c]cc1.[H+]. The van der Waals surface area contributed by atoms with Crippen LogP contribution < -0.4 is 0 Å². The molecule has 0 aliphatic carbocycles. The van der Waals surface area contributed by atoms with Crippen molar-refractivity contribution in [1.82, 2.24) is 0 Å².